The first-order valence-electron chi connectivity index (χ1n) is 7.56. The van der Waals surface area contributed by atoms with Gasteiger partial charge in [0.25, 0.3) is 0 Å². The molecule has 2 aromatic carbocycles. The van der Waals surface area contributed by atoms with E-state index in [1.807, 2.05) is 0 Å². The Morgan fingerprint density at radius 3 is 2.32 bits per heavy atom. The van der Waals surface area contributed by atoms with Crippen LogP contribution in [0.15, 0.2) is 53.4 Å². The van der Waals surface area contributed by atoms with E-state index in [-0.39, 0.29) is 16.6 Å². The highest BCUT2D eigenvalue weighted by atomic mass is 32.2. The standard InChI is InChI=1S/C17H20FN3O3S/c1-12(19-14-9-7-13(18)8-10-14)17(22)20-15-5-4-6-16(11-15)25(23,24)21(2)3/h4-12,19H,1-3H3,(H,20,22)/t12-/m0/s1. The van der Waals surface area contributed by atoms with Gasteiger partial charge in [-0.15, -0.1) is 0 Å². The Labute approximate surface area is 146 Å². The van der Waals surface area contributed by atoms with Gasteiger partial charge in [0, 0.05) is 25.5 Å². The first-order chi connectivity index (χ1) is 11.7. The van der Waals surface area contributed by atoms with Crippen LogP contribution in [-0.2, 0) is 14.8 Å². The van der Waals surface area contributed by atoms with Gasteiger partial charge in [-0.05, 0) is 49.4 Å². The number of benzene rings is 2. The number of nitrogens with one attached hydrogen (secondary N) is 2. The highest BCUT2D eigenvalue weighted by Gasteiger charge is 2.18. The molecule has 2 rings (SSSR count). The molecular weight excluding hydrogens is 345 g/mol. The largest absolute Gasteiger partial charge is 0.374 e. The molecule has 134 valence electrons. The minimum absolute atomic E-state index is 0.0921. The second-order valence-electron chi connectivity index (χ2n) is 5.68. The monoisotopic (exact) mass is 365 g/mol. The minimum Gasteiger partial charge on any atom is -0.374 e. The van der Waals surface area contributed by atoms with Gasteiger partial charge in [-0.1, -0.05) is 6.07 Å². The van der Waals surface area contributed by atoms with E-state index in [1.165, 1.54) is 50.5 Å². The molecule has 25 heavy (non-hydrogen) atoms. The summed E-state index contributed by atoms with van der Waals surface area (Å²) in [5, 5.41) is 5.61. The highest BCUT2D eigenvalue weighted by Crippen LogP contribution is 2.18. The lowest BCUT2D eigenvalue weighted by Crippen LogP contribution is -2.32. The second kappa shape index (κ2) is 7.62. The molecule has 2 N–H and O–H groups in total. The van der Waals surface area contributed by atoms with Gasteiger partial charge in [0.05, 0.1) is 4.90 Å². The Morgan fingerprint density at radius 2 is 1.72 bits per heavy atom. The molecule has 0 fully saturated rings. The van der Waals surface area contributed by atoms with E-state index in [4.69, 9.17) is 0 Å². The number of sulfonamides is 1. The fraction of sp³-hybridized carbons (Fsp3) is 0.235. The van der Waals surface area contributed by atoms with Crippen molar-refractivity contribution in [2.45, 2.75) is 17.9 Å². The van der Waals surface area contributed by atoms with Gasteiger partial charge in [0.15, 0.2) is 0 Å². The summed E-state index contributed by atoms with van der Waals surface area (Å²) in [6.45, 7) is 1.65. The van der Waals surface area contributed by atoms with E-state index in [0.717, 1.165) is 4.31 Å². The van der Waals surface area contributed by atoms with E-state index in [1.54, 1.807) is 19.1 Å². The highest BCUT2D eigenvalue weighted by molar-refractivity contribution is 7.89. The molecule has 1 amide bonds. The Balaban J connectivity index is 2.08. The van der Waals surface area contributed by atoms with Gasteiger partial charge >= 0.3 is 0 Å². The minimum atomic E-state index is -3.58. The molecule has 0 heterocycles. The van der Waals surface area contributed by atoms with E-state index < -0.39 is 16.1 Å². The molecule has 0 aliphatic heterocycles. The molecule has 0 unspecified atom stereocenters. The zero-order chi connectivity index (χ0) is 18.6. The molecule has 1 atom stereocenters. The molecule has 0 aliphatic rings. The smallest absolute Gasteiger partial charge is 0.246 e. The number of halogens is 1. The maximum absolute atomic E-state index is 12.9. The van der Waals surface area contributed by atoms with Crippen molar-refractivity contribution in [2.75, 3.05) is 24.7 Å². The average Bonchev–Trinajstić information content (AvgIpc) is 2.57. The molecule has 0 spiro atoms. The van der Waals surface area contributed by atoms with Gasteiger partial charge in [-0.25, -0.2) is 17.1 Å². The Kier molecular flexibility index (Phi) is 5.76. The number of anilines is 2. The number of hydrogen-bond acceptors (Lipinski definition) is 4. The summed E-state index contributed by atoms with van der Waals surface area (Å²) in [5.74, 6) is -0.703. The summed E-state index contributed by atoms with van der Waals surface area (Å²) >= 11 is 0. The summed E-state index contributed by atoms with van der Waals surface area (Å²) in [7, 11) is -0.698. The lowest BCUT2D eigenvalue weighted by molar-refractivity contribution is -0.116. The van der Waals surface area contributed by atoms with Gasteiger partial charge in [-0.2, -0.15) is 0 Å². The van der Waals surface area contributed by atoms with E-state index in [0.29, 0.717) is 11.4 Å². The predicted molar refractivity (Wildman–Crippen MR) is 95.4 cm³/mol. The zero-order valence-corrected chi connectivity index (χ0v) is 15.0. The third kappa shape index (κ3) is 4.77. The molecule has 0 radical (unpaired) electrons. The van der Waals surface area contributed by atoms with Crippen LogP contribution in [-0.4, -0.2) is 38.8 Å². The van der Waals surface area contributed by atoms with Crippen LogP contribution in [0.25, 0.3) is 0 Å². The second-order valence-corrected chi connectivity index (χ2v) is 7.83. The van der Waals surface area contributed by atoms with Crippen LogP contribution in [0, 0.1) is 5.82 Å². The maximum atomic E-state index is 12.9. The van der Waals surface area contributed by atoms with Gasteiger partial charge < -0.3 is 10.6 Å². The van der Waals surface area contributed by atoms with Crippen LogP contribution in [0.1, 0.15) is 6.92 Å². The van der Waals surface area contributed by atoms with Gasteiger partial charge in [-0.3, -0.25) is 4.79 Å². The van der Waals surface area contributed by atoms with Crippen molar-refractivity contribution in [3.8, 4) is 0 Å². The lowest BCUT2D eigenvalue weighted by Gasteiger charge is -2.16. The molecular formula is C17H20FN3O3S. The summed E-state index contributed by atoms with van der Waals surface area (Å²) in [6.07, 6.45) is 0. The molecule has 0 saturated carbocycles. The number of carbonyl (C=O) groups is 1. The number of rotatable bonds is 6. The molecule has 0 aromatic heterocycles. The molecule has 0 saturated heterocycles. The van der Waals surface area contributed by atoms with E-state index >= 15 is 0 Å². The lowest BCUT2D eigenvalue weighted by atomic mass is 10.2. The van der Waals surface area contributed by atoms with Crippen molar-refractivity contribution in [1.82, 2.24) is 4.31 Å². The summed E-state index contributed by atoms with van der Waals surface area (Å²) in [6, 6.07) is 11.1. The third-order valence-electron chi connectivity index (χ3n) is 3.50. The number of carbonyl (C=O) groups excluding carboxylic acids is 1. The van der Waals surface area contributed by atoms with Crippen LogP contribution in [0.5, 0.6) is 0 Å². The van der Waals surface area contributed by atoms with Crippen LogP contribution in [0.3, 0.4) is 0 Å². The predicted octanol–water partition coefficient (Wildman–Crippen LogP) is 2.52. The van der Waals surface area contributed by atoms with Crippen molar-refractivity contribution in [3.63, 3.8) is 0 Å². The Morgan fingerprint density at radius 1 is 1.08 bits per heavy atom. The first-order valence-corrected chi connectivity index (χ1v) is 9.00. The quantitative estimate of drug-likeness (QED) is 0.825. The summed E-state index contributed by atoms with van der Waals surface area (Å²) in [5.41, 5.74) is 0.980. The van der Waals surface area contributed by atoms with Gasteiger partial charge in [0.1, 0.15) is 11.9 Å². The van der Waals surface area contributed by atoms with Crippen molar-refractivity contribution in [2.24, 2.45) is 0 Å². The molecule has 8 heteroatoms. The van der Waals surface area contributed by atoms with Crippen molar-refractivity contribution >= 4 is 27.3 Å². The Hall–Kier alpha value is -2.45. The van der Waals surface area contributed by atoms with Crippen molar-refractivity contribution in [1.29, 1.82) is 0 Å². The molecule has 2 aromatic rings. The normalized spacial score (nSPS) is 12.7. The summed E-state index contributed by atoms with van der Waals surface area (Å²) < 4.78 is 38.3. The number of nitrogens with zero attached hydrogens (tertiary/aromatic N) is 1. The van der Waals surface area contributed by atoms with Crippen molar-refractivity contribution < 1.29 is 17.6 Å². The molecule has 0 aliphatic carbocycles. The fourth-order valence-electron chi connectivity index (χ4n) is 2.06. The number of hydrogen-bond donors (Lipinski definition) is 2. The molecule has 6 nitrogen and oxygen atoms in total. The number of amides is 1. The summed E-state index contributed by atoms with van der Waals surface area (Å²) in [4.78, 5) is 12.4. The van der Waals surface area contributed by atoms with Crippen LogP contribution >= 0.6 is 0 Å². The first kappa shape index (κ1) is 18.9. The van der Waals surface area contributed by atoms with Gasteiger partial charge in [0.2, 0.25) is 15.9 Å². The van der Waals surface area contributed by atoms with Crippen molar-refractivity contribution in [3.05, 3.63) is 54.3 Å². The molecule has 0 bridgehead atoms. The SMILES string of the molecule is C[C@H](Nc1ccc(F)cc1)C(=O)Nc1cccc(S(=O)(=O)N(C)C)c1. The van der Waals surface area contributed by atoms with Crippen LogP contribution in [0.2, 0.25) is 0 Å². The average molecular weight is 365 g/mol. The van der Waals surface area contributed by atoms with Crippen LogP contribution < -0.4 is 10.6 Å². The maximum Gasteiger partial charge on any atom is 0.246 e. The third-order valence-corrected chi connectivity index (χ3v) is 5.31. The fourth-order valence-corrected chi connectivity index (χ4v) is 3.01. The Bertz CT molecular complexity index is 852. The van der Waals surface area contributed by atoms with E-state index in [2.05, 4.69) is 10.6 Å². The topological polar surface area (TPSA) is 78.5 Å². The zero-order valence-electron chi connectivity index (χ0n) is 14.2. The van der Waals surface area contributed by atoms with E-state index in [9.17, 15) is 17.6 Å². The van der Waals surface area contributed by atoms with Crippen LogP contribution in [0.4, 0.5) is 15.8 Å².